The Balaban J connectivity index is 2.06. The Morgan fingerprint density at radius 3 is 1.89 bits per heavy atom. The van der Waals surface area contributed by atoms with Gasteiger partial charge in [-0.25, -0.2) is 9.59 Å². The number of esters is 2. The van der Waals surface area contributed by atoms with E-state index in [9.17, 15) is 9.59 Å². The second kappa shape index (κ2) is 8.36. The summed E-state index contributed by atoms with van der Waals surface area (Å²) in [7, 11) is 0. The van der Waals surface area contributed by atoms with Gasteiger partial charge in [0.1, 0.15) is 22.8 Å². The van der Waals surface area contributed by atoms with Gasteiger partial charge in [0.15, 0.2) is 0 Å². The van der Waals surface area contributed by atoms with Crippen LogP contribution in [0.2, 0.25) is 0 Å². The Labute approximate surface area is 158 Å². The smallest absolute Gasteiger partial charge is 0.338 e. The molecule has 27 heavy (non-hydrogen) atoms. The number of rotatable bonds is 7. The predicted molar refractivity (Wildman–Crippen MR) is 103 cm³/mol. The second-order valence-electron chi connectivity index (χ2n) is 6.40. The highest BCUT2D eigenvalue weighted by molar-refractivity contribution is 5.88. The van der Waals surface area contributed by atoms with E-state index >= 15 is 0 Å². The summed E-state index contributed by atoms with van der Waals surface area (Å²) in [6, 6.07) is 13.8. The van der Waals surface area contributed by atoms with E-state index in [1.54, 1.807) is 43.3 Å². The van der Waals surface area contributed by atoms with E-state index in [0.29, 0.717) is 22.8 Å². The molecule has 0 amide bonds. The van der Waals surface area contributed by atoms with Crippen molar-refractivity contribution in [3.8, 4) is 17.2 Å². The lowest BCUT2D eigenvalue weighted by Gasteiger charge is -2.27. The lowest BCUT2D eigenvalue weighted by Crippen LogP contribution is -2.25. The number of ether oxygens (including phenoxy) is 3. The summed E-state index contributed by atoms with van der Waals surface area (Å²) >= 11 is 0. The van der Waals surface area contributed by atoms with Crippen molar-refractivity contribution in [1.82, 2.24) is 0 Å². The molecular formula is C22H22O5. The van der Waals surface area contributed by atoms with Crippen LogP contribution in [-0.2, 0) is 15.2 Å². The normalized spacial score (nSPS) is 10.6. The van der Waals surface area contributed by atoms with Crippen LogP contribution < -0.4 is 14.2 Å². The van der Waals surface area contributed by atoms with Crippen molar-refractivity contribution < 1.29 is 23.8 Å². The van der Waals surface area contributed by atoms with Crippen LogP contribution in [0, 0.1) is 0 Å². The predicted octanol–water partition coefficient (Wildman–Crippen LogP) is 4.57. The van der Waals surface area contributed by atoms with E-state index in [1.165, 1.54) is 0 Å². The molecule has 0 heterocycles. The van der Waals surface area contributed by atoms with E-state index < -0.39 is 17.5 Å². The number of carbonyl (C=O) groups is 2. The van der Waals surface area contributed by atoms with Crippen LogP contribution in [-0.4, -0.2) is 11.9 Å². The molecule has 2 aromatic rings. The zero-order valence-corrected chi connectivity index (χ0v) is 15.7. The summed E-state index contributed by atoms with van der Waals surface area (Å²) in [4.78, 5) is 22.8. The van der Waals surface area contributed by atoms with Crippen molar-refractivity contribution in [2.75, 3.05) is 0 Å². The number of hydrogen-bond acceptors (Lipinski definition) is 5. The minimum Gasteiger partial charge on any atom is -0.483 e. The molecule has 140 valence electrons. The summed E-state index contributed by atoms with van der Waals surface area (Å²) in [6.07, 6.45) is 1.11. The number of carbonyl (C=O) groups excluding carboxylic acids is 2. The first-order valence-corrected chi connectivity index (χ1v) is 8.33. The van der Waals surface area contributed by atoms with Crippen LogP contribution in [0.25, 0.3) is 0 Å². The molecule has 0 spiro atoms. The molecule has 0 bridgehead atoms. The van der Waals surface area contributed by atoms with Crippen molar-refractivity contribution in [2.24, 2.45) is 0 Å². The molecule has 0 fully saturated rings. The van der Waals surface area contributed by atoms with E-state index in [-0.39, 0.29) is 0 Å². The van der Waals surface area contributed by atoms with Crippen LogP contribution in [0.15, 0.2) is 73.3 Å². The summed E-state index contributed by atoms with van der Waals surface area (Å²) in [5, 5.41) is 0. The molecule has 0 aromatic heterocycles. The van der Waals surface area contributed by atoms with E-state index in [0.717, 1.165) is 11.6 Å². The van der Waals surface area contributed by atoms with Gasteiger partial charge in [0.25, 0.3) is 0 Å². The van der Waals surface area contributed by atoms with E-state index in [2.05, 4.69) is 13.2 Å². The average Bonchev–Trinajstić information content (AvgIpc) is 2.63. The van der Waals surface area contributed by atoms with Crippen LogP contribution in [0.3, 0.4) is 0 Å². The summed E-state index contributed by atoms with van der Waals surface area (Å²) in [5.74, 6) is 0.494. The SMILES string of the molecule is C=CC(=O)Oc1ccc(C(C)(C)Oc2ccc(OC(=O)C(=C)C)cc2)cc1. The fraction of sp³-hybridized carbons (Fsp3) is 0.182. The zero-order chi connectivity index (χ0) is 20.0. The minimum absolute atomic E-state index is 0.332. The van der Waals surface area contributed by atoms with Gasteiger partial charge >= 0.3 is 11.9 Å². The number of benzene rings is 2. The maximum atomic E-state index is 11.5. The quantitative estimate of drug-likeness (QED) is 0.408. The molecule has 0 saturated heterocycles. The highest BCUT2D eigenvalue weighted by Crippen LogP contribution is 2.30. The van der Waals surface area contributed by atoms with Gasteiger partial charge in [-0.05, 0) is 62.7 Å². The van der Waals surface area contributed by atoms with Crippen LogP contribution in [0.5, 0.6) is 17.2 Å². The van der Waals surface area contributed by atoms with E-state index in [1.807, 2.05) is 26.0 Å². The van der Waals surface area contributed by atoms with Gasteiger partial charge in [-0.1, -0.05) is 25.3 Å². The molecule has 5 heteroatoms. The Hall–Kier alpha value is -3.34. The molecule has 2 aromatic carbocycles. The highest BCUT2D eigenvalue weighted by Gasteiger charge is 2.23. The van der Waals surface area contributed by atoms with Gasteiger partial charge in [0.05, 0.1) is 0 Å². The largest absolute Gasteiger partial charge is 0.483 e. The highest BCUT2D eigenvalue weighted by atomic mass is 16.5. The van der Waals surface area contributed by atoms with Gasteiger partial charge < -0.3 is 14.2 Å². The van der Waals surface area contributed by atoms with Gasteiger partial charge in [0, 0.05) is 11.6 Å². The third kappa shape index (κ3) is 5.57. The average molecular weight is 366 g/mol. The maximum absolute atomic E-state index is 11.5. The molecule has 0 aliphatic carbocycles. The van der Waals surface area contributed by atoms with Gasteiger partial charge in [-0.3, -0.25) is 0 Å². The first-order chi connectivity index (χ1) is 12.7. The third-order valence-corrected chi connectivity index (χ3v) is 3.69. The molecule has 0 atom stereocenters. The van der Waals surface area contributed by atoms with Crippen molar-refractivity contribution in [2.45, 2.75) is 26.4 Å². The van der Waals surface area contributed by atoms with Crippen molar-refractivity contribution in [1.29, 1.82) is 0 Å². The number of hydrogen-bond donors (Lipinski definition) is 0. The Morgan fingerprint density at radius 2 is 1.37 bits per heavy atom. The zero-order valence-electron chi connectivity index (χ0n) is 15.7. The third-order valence-electron chi connectivity index (χ3n) is 3.69. The first kappa shape index (κ1) is 20.0. The lowest BCUT2D eigenvalue weighted by atomic mass is 9.98. The fourth-order valence-electron chi connectivity index (χ4n) is 2.21. The fourth-order valence-corrected chi connectivity index (χ4v) is 2.21. The molecule has 0 saturated carbocycles. The molecule has 0 unspecified atom stereocenters. The molecule has 0 N–H and O–H groups in total. The summed E-state index contributed by atoms with van der Waals surface area (Å²) < 4.78 is 16.3. The molecule has 2 rings (SSSR count). The Kier molecular flexibility index (Phi) is 6.19. The van der Waals surface area contributed by atoms with E-state index in [4.69, 9.17) is 14.2 Å². The minimum atomic E-state index is -0.628. The first-order valence-electron chi connectivity index (χ1n) is 8.33. The van der Waals surface area contributed by atoms with Gasteiger partial charge in [-0.2, -0.15) is 0 Å². The van der Waals surface area contributed by atoms with Crippen molar-refractivity contribution >= 4 is 11.9 Å². The van der Waals surface area contributed by atoms with Crippen molar-refractivity contribution in [3.63, 3.8) is 0 Å². The van der Waals surface area contributed by atoms with Crippen LogP contribution in [0.4, 0.5) is 0 Å². The Morgan fingerprint density at radius 1 is 0.889 bits per heavy atom. The summed E-state index contributed by atoms with van der Waals surface area (Å²) in [6.45, 7) is 12.3. The lowest BCUT2D eigenvalue weighted by molar-refractivity contribution is -0.130. The standard InChI is InChI=1S/C22H22O5/c1-6-20(23)25-17-9-7-16(8-10-17)22(4,5)27-19-13-11-18(12-14-19)26-21(24)15(2)3/h6-14H,1-2H2,3-5H3. The van der Waals surface area contributed by atoms with Crippen LogP contribution in [0.1, 0.15) is 26.3 Å². The molecule has 5 nitrogen and oxygen atoms in total. The van der Waals surface area contributed by atoms with Gasteiger partial charge in [0.2, 0.25) is 0 Å². The molecule has 0 aliphatic rings. The van der Waals surface area contributed by atoms with Crippen molar-refractivity contribution in [3.05, 3.63) is 78.9 Å². The molecule has 0 aliphatic heterocycles. The second-order valence-corrected chi connectivity index (χ2v) is 6.40. The Bertz CT molecular complexity index is 845. The van der Waals surface area contributed by atoms with Crippen LogP contribution >= 0.6 is 0 Å². The topological polar surface area (TPSA) is 61.8 Å². The van der Waals surface area contributed by atoms with Gasteiger partial charge in [-0.15, -0.1) is 0 Å². The summed E-state index contributed by atoms with van der Waals surface area (Å²) in [5.41, 5.74) is 0.606. The maximum Gasteiger partial charge on any atom is 0.338 e. The monoisotopic (exact) mass is 366 g/mol. The molecular weight excluding hydrogens is 344 g/mol. The molecule has 0 radical (unpaired) electrons.